The predicted molar refractivity (Wildman–Crippen MR) is 160 cm³/mol. The first kappa shape index (κ1) is 32.1. The van der Waals surface area contributed by atoms with Gasteiger partial charge in [0.05, 0.1) is 29.8 Å². The summed E-state index contributed by atoms with van der Waals surface area (Å²) in [6.07, 6.45) is -0.231. The summed E-state index contributed by atoms with van der Waals surface area (Å²) in [5.41, 5.74) is -1.26. The van der Waals surface area contributed by atoms with Crippen molar-refractivity contribution in [3.8, 4) is 6.07 Å². The Morgan fingerprint density at radius 3 is 2.48 bits per heavy atom. The maximum atomic E-state index is 15.9. The molecule has 0 amide bonds. The molecule has 1 fully saturated rings. The van der Waals surface area contributed by atoms with Crippen molar-refractivity contribution in [1.82, 2.24) is 5.32 Å². The third-order valence-electron chi connectivity index (χ3n) is 8.42. The second-order valence-corrected chi connectivity index (χ2v) is 12.4. The van der Waals surface area contributed by atoms with E-state index in [0.717, 1.165) is 11.6 Å². The van der Waals surface area contributed by atoms with Gasteiger partial charge in [0.15, 0.2) is 0 Å². The van der Waals surface area contributed by atoms with Crippen LogP contribution < -0.4 is 5.32 Å². The minimum atomic E-state index is -1.74. The van der Waals surface area contributed by atoms with Crippen LogP contribution in [0.1, 0.15) is 62.1 Å². The van der Waals surface area contributed by atoms with Gasteiger partial charge >= 0.3 is 0 Å². The van der Waals surface area contributed by atoms with Gasteiger partial charge in [-0.2, -0.15) is 5.26 Å². The van der Waals surface area contributed by atoms with Gasteiger partial charge in [0.25, 0.3) is 0 Å². The summed E-state index contributed by atoms with van der Waals surface area (Å²) in [7, 11) is 0. The maximum absolute atomic E-state index is 15.9. The number of carbonyl (C=O) groups excluding carboxylic acids is 1. The molecule has 0 saturated carbocycles. The fourth-order valence-electron chi connectivity index (χ4n) is 6.27. The fraction of sp³-hybridized carbons (Fsp3) is 0.394. The lowest BCUT2D eigenvalue weighted by Crippen LogP contribution is -2.46. The molecule has 0 bridgehead atoms. The number of aliphatic hydroxyl groups is 2. The zero-order chi connectivity index (χ0) is 30.7. The number of nitrogens with one attached hydrogen (secondary N) is 1. The highest BCUT2D eigenvalue weighted by Crippen LogP contribution is 2.53. The van der Waals surface area contributed by atoms with Crippen LogP contribution in [0.5, 0.6) is 0 Å². The summed E-state index contributed by atoms with van der Waals surface area (Å²) in [6, 6.07) is 18.6. The van der Waals surface area contributed by atoms with E-state index in [1.165, 1.54) is 24.3 Å². The number of nitriles is 1. The Morgan fingerprint density at radius 1 is 1.12 bits per heavy atom. The maximum Gasteiger partial charge on any atom is 0.150 e. The Labute approximate surface area is 255 Å². The normalized spacial score (nSPS) is 23.0. The summed E-state index contributed by atoms with van der Waals surface area (Å²) in [6.45, 7) is 3.58. The van der Waals surface area contributed by atoms with Gasteiger partial charge in [0, 0.05) is 29.0 Å². The Balaban J connectivity index is 1.92. The second kappa shape index (κ2) is 13.2. The van der Waals surface area contributed by atoms with Crippen molar-refractivity contribution in [3.63, 3.8) is 0 Å². The number of rotatable bonds is 11. The van der Waals surface area contributed by atoms with Crippen LogP contribution in [0.3, 0.4) is 0 Å². The molecule has 0 unspecified atom stereocenters. The van der Waals surface area contributed by atoms with E-state index in [9.17, 15) is 20.3 Å². The van der Waals surface area contributed by atoms with E-state index in [1.54, 1.807) is 6.07 Å². The molecule has 42 heavy (non-hydrogen) atoms. The number of hydrogen-bond donors (Lipinski definition) is 3. The SMILES string of the molecule is CC(C)(C[C@@H]1N[C@@H](C(=O)CCC[C@H](O)CO)[C@H](c2cccc(Cl)c2F)[C@@]1(C#N)c1ccc(Cl)cc1F)c1ccccc1. The smallest absolute Gasteiger partial charge is 0.150 e. The van der Waals surface area contributed by atoms with Crippen molar-refractivity contribution in [2.75, 3.05) is 6.61 Å². The molecular formula is C33H34Cl2F2N2O3. The molecule has 0 aliphatic carbocycles. The minimum Gasteiger partial charge on any atom is -0.394 e. The summed E-state index contributed by atoms with van der Waals surface area (Å²) < 4.78 is 31.7. The molecule has 1 heterocycles. The van der Waals surface area contributed by atoms with Gasteiger partial charge in [0.2, 0.25) is 0 Å². The van der Waals surface area contributed by atoms with Crippen molar-refractivity contribution >= 4 is 29.0 Å². The van der Waals surface area contributed by atoms with E-state index in [4.69, 9.17) is 23.2 Å². The van der Waals surface area contributed by atoms with Gasteiger partial charge in [-0.15, -0.1) is 0 Å². The van der Waals surface area contributed by atoms with Crippen molar-refractivity contribution in [2.45, 2.75) is 74.5 Å². The van der Waals surface area contributed by atoms with Gasteiger partial charge in [-0.3, -0.25) is 4.79 Å². The lowest BCUT2D eigenvalue weighted by atomic mass is 9.61. The van der Waals surface area contributed by atoms with Crippen molar-refractivity contribution < 1.29 is 23.8 Å². The molecule has 5 nitrogen and oxygen atoms in total. The van der Waals surface area contributed by atoms with Crippen LogP contribution in [0.15, 0.2) is 66.7 Å². The molecule has 9 heteroatoms. The number of hydrogen-bond acceptors (Lipinski definition) is 5. The molecule has 4 rings (SSSR count). The van der Waals surface area contributed by atoms with E-state index in [-0.39, 0.29) is 46.2 Å². The van der Waals surface area contributed by atoms with Gasteiger partial charge < -0.3 is 15.5 Å². The van der Waals surface area contributed by atoms with Crippen LogP contribution in [-0.4, -0.2) is 40.8 Å². The molecule has 1 aliphatic heterocycles. The van der Waals surface area contributed by atoms with Gasteiger partial charge in [-0.25, -0.2) is 8.78 Å². The summed E-state index contributed by atoms with van der Waals surface area (Å²) in [4.78, 5) is 13.9. The third-order valence-corrected chi connectivity index (χ3v) is 8.95. The van der Waals surface area contributed by atoms with Gasteiger partial charge in [-0.1, -0.05) is 85.6 Å². The lowest BCUT2D eigenvalue weighted by molar-refractivity contribution is -0.121. The van der Waals surface area contributed by atoms with Crippen LogP contribution in [0.25, 0.3) is 0 Å². The van der Waals surface area contributed by atoms with E-state index in [1.807, 2.05) is 44.2 Å². The molecule has 1 aliphatic rings. The molecule has 3 aromatic carbocycles. The van der Waals surface area contributed by atoms with Crippen LogP contribution in [0, 0.1) is 23.0 Å². The summed E-state index contributed by atoms with van der Waals surface area (Å²) in [5, 5.41) is 33.3. The highest BCUT2D eigenvalue weighted by Gasteiger charge is 2.61. The van der Waals surface area contributed by atoms with Crippen molar-refractivity contribution in [1.29, 1.82) is 5.26 Å². The molecule has 3 N–H and O–H groups in total. The van der Waals surface area contributed by atoms with E-state index < -0.39 is 53.2 Å². The van der Waals surface area contributed by atoms with Crippen LogP contribution in [0.4, 0.5) is 8.78 Å². The first-order valence-corrected chi connectivity index (χ1v) is 14.7. The topological polar surface area (TPSA) is 93.3 Å². The Morgan fingerprint density at radius 2 is 1.83 bits per heavy atom. The first-order valence-electron chi connectivity index (χ1n) is 13.9. The summed E-state index contributed by atoms with van der Waals surface area (Å²) >= 11 is 12.3. The molecule has 0 spiro atoms. The highest BCUT2D eigenvalue weighted by molar-refractivity contribution is 6.31. The third kappa shape index (κ3) is 6.24. The van der Waals surface area contributed by atoms with Crippen LogP contribution in [0.2, 0.25) is 10.0 Å². The summed E-state index contributed by atoms with van der Waals surface area (Å²) in [5.74, 6) is -2.99. The van der Waals surface area contributed by atoms with E-state index in [0.29, 0.717) is 6.42 Å². The van der Waals surface area contributed by atoms with E-state index in [2.05, 4.69) is 11.4 Å². The lowest BCUT2D eigenvalue weighted by Gasteiger charge is -2.38. The molecule has 5 atom stereocenters. The Bertz CT molecular complexity index is 1460. The molecule has 3 aromatic rings. The minimum absolute atomic E-state index is 0.00569. The second-order valence-electron chi connectivity index (χ2n) is 11.6. The van der Waals surface area contributed by atoms with Crippen molar-refractivity contribution in [3.05, 3.63) is 105 Å². The van der Waals surface area contributed by atoms with Crippen LogP contribution >= 0.6 is 23.2 Å². The number of nitrogens with zero attached hydrogens (tertiary/aromatic N) is 1. The molecule has 0 aromatic heterocycles. The number of aliphatic hydroxyl groups excluding tert-OH is 2. The van der Waals surface area contributed by atoms with Crippen LogP contribution in [-0.2, 0) is 15.6 Å². The molecular weight excluding hydrogens is 581 g/mol. The quantitative estimate of drug-likeness (QED) is 0.226. The van der Waals surface area contributed by atoms with Gasteiger partial charge in [0.1, 0.15) is 22.8 Å². The number of Topliss-reactive ketones (excluding diaryl/α,β-unsaturated/α-hetero) is 1. The highest BCUT2D eigenvalue weighted by atomic mass is 35.5. The Kier molecular flexibility index (Phi) is 10.1. The predicted octanol–water partition coefficient (Wildman–Crippen LogP) is 6.62. The standard InChI is InChI=1S/C33H34Cl2F2N2O3/c1-32(2,20-8-4-3-5-9-20)17-28-33(19-38,24-15-14-21(34)16-26(24)36)29(23-11-7-12-25(35)30(23)37)31(39-28)27(42)13-6-10-22(41)18-40/h3-5,7-9,11-12,14-16,22,28-29,31,39-41H,6,10,13,17-18H2,1-2H3/t22-,28-,29-,31-,33-/m0/s1. The number of carbonyl (C=O) groups is 1. The molecule has 222 valence electrons. The van der Waals surface area contributed by atoms with Crippen molar-refractivity contribution in [2.24, 2.45) is 0 Å². The Hall–Kier alpha value is -2.86. The largest absolute Gasteiger partial charge is 0.394 e. The number of ketones is 1. The zero-order valence-electron chi connectivity index (χ0n) is 23.5. The monoisotopic (exact) mass is 614 g/mol. The average molecular weight is 616 g/mol. The zero-order valence-corrected chi connectivity index (χ0v) is 25.0. The fourth-order valence-corrected chi connectivity index (χ4v) is 6.61. The van der Waals surface area contributed by atoms with E-state index >= 15 is 8.78 Å². The molecule has 1 saturated heterocycles. The average Bonchev–Trinajstić information content (AvgIpc) is 3.28. The first-order chi connectivity index (χ1) is 20.0. The number of halogens is 4. The number of benzene rings is 3. The van der Waals surface area contributed by atoms with Gasteiger partial charge in [-0.05, 0) is 54.0 Å². The molecule has 0 radical (unpaired) electrons.